The predicted octanol–water partition coefficient (Wildman–Crippen LogP) is 2.34. The van der Waals surface area contributed by atoms with Gasteiger partial charge in [-0.25, -0.2) is 0 Å². The van der Waals surface area contributed by atoms with Gasteiger partial charge in [0.1, 0.15) is 0 Å². The van der Waals surface area contributed by atoms with E-state index < -0.39 is 6.10 Å². The third-order valence-electron chi connectivity index (χ3n) is 2.97. The minimum absolute atomic E-state index is 0.285. The molecule has 1 rings (SSSR count). The highest BCUT2D eigenvalue weighted by Crippen LogP contribution is 2.18. The summed E-state index contributed by atoms with van der Waals surface area (Å²) in [5, 5.41) is 18.1. The second-order valence-corrected chi connectivity index (χ2v) is 4.47. The highest BCUT2D eigenvalue weighted by atomic mass is 16.3. The van der Waals surface area contributed by atoms with Crippen molar-refractivity contribution in [3.05, 3.63) is 29.8 Å². The van der Waals surface area contributed by atoms with E-state index in [1.807, 2.05) is 24.3 Å². The van der Waals surface area contributed by atoms with Crippen LogP contribution in [-0.4, -0.2) is 30.4 Å². The molecule has 3 nitrogen and oxygen atoms in total. The van der Waals surface area contributed by atoms with Crippen molar-refractivity contribution in [1.82, 2.24) is 0 Å². The first kappa shape index (κ1) is 14.0. The molecule has 17 heavy (non-hydrogen) atoms. The maximum atomic E-state index is 9.42. The quantitative estimate of drug-likeness (QED) is 0.715. The number of aliphatic hydroxyl groups is 2. The fourth-order valence-corrected chi connectivity index (χ4v) is 1.77. The summed E-state index contributed by atoms with van der Waals surface area (Å²) in [4.78, 5) is 2.20. The minimum atomic E-state index is -0.404. The lowest BCUT2D eigenvalue weighted by Gasteiger charge is -2.19. The first-order valence-electron chi connectivity index (χ1n) is 6.25. The molecule has 0 spiro atoms. The van der Waals surface area contributed by atoms with Crippen LogP contribution < -0.4 is 4.90 Å². The molecule has 1 aromatic rings. The molecule has 1 atom stereocenters. The first-order valence-corrected chi connectivity index (χ1v) is 6.25. The highest BCUT2D eigenvalue weighted by Gasteiger charge is 2.03. The van der Waals surface area contributed by atoms with Gasteiger partial charge in [-0.3, -0.25) is 0 Å². The average molecular weight is 237 g/mol. The Morgan fingerprint density at radius 1 is 1.12 bits per heavy atom. The Morgan fingerprint density at radius 2 is 1.76 bits per heavy atom. The Bertz CT molecular complexity index is 309. The van der Waals surface area contributed by atoms with Crippen LogP contribution in [0.1, 0.15) is 37.9 Å². The lowest BCUT2D eigenvalue weighted by Crippen LogP contribution is -2.18. The molecule has 0 aliphatic heterocycles. The van der Waals surface area contributed by atoms with E-state index in [2.05, 4.69) is 11.9 Å². The van der Waals surface area contributed by atoms with E-state index in [1.54, 1.807) is 6.92 Å². The standard InChI is InChI=1S/C14H23NO2/c1-12(17)13-6-8-14(9-7-13)15(2)10-4-3-5-11-16/h6-9,12,16-17H,3-5,10-11H2,1-2H3/t12-/m1/s1. The third kappa shape index (κ3) is 4.75. The Kier molecular flexibility index (Phi) is 6.01. The van der Waals surface area contributed by atoms with Crippen molar-refractivity contribution >= 4 is 5.69 Å². The normalized spacial score (nSPS) is 12.5. The van der Waals surface area contributed by atoms with Gasteiger partial charge in [-0.05, 0) is 43.9 Å². The van der Waals surface area contributed by atoms with Gasteiger partial charge in [0.25, 0.3) is 0 Å². The Hall–Kier alpha value is -1.06. The van der Waals surface area contributed by atoms with Gasteiger partial charge in [0.2, 0.25) is 0 Å². The molecule has 0 amide bonds. The Balaban J connectivity index is 2.43. The molecule has 0 aliphatic carbocycles. The molecular weight excluding hydrogens is 214 g/mol. The predicted molar refractivity (Wildman–Crippen MR) is 71.3 cm³/mol. The SMILES string of the molecule is C[C@@H](O)c1ccc(N(C)CCCCCO)cc1. The number of aliphatic hydroxyl groups excluding tert-OH is 2. The van der Waals surface area contributed by atoms with Crippen LogP contribution >= 0.6 is 0 Å². The van der Waals surface area contributed by atoms with Crippen molar-refractivity contribution < 1.29 is 10.2 Å². The van der Waals surface area contributed by atoms with Crippen LogP contribution in [0.5, 0.6) is 0 Å². The van der Waals surface area contributed by atoms with E-state index >= 15 is 0 Å². The topological polar surface area (TPSA) is 43.7 Å². The monoisotopic (exact) mass is 237 g/mol. The van der Waals surface area contributed by atoms with Crippen molar-refractivity contribution in [2.45, 2.75) is 32.3 Å². The van der Waals surface area contributed by atoms with E-state index in [0.29, 0.717) is 0 Å². The lowest BCUT2D eigenvalue weighted by molar-refractivity contribution is 0.199. The molecule has 96 valence electrons. The molecular formula is C14H23NO2. The zero-order chi connectivity index (χ0) is 12.7. The summed E-state index contributed by atoms with van der Waals surface area (Å²) in [5.41, 5.74) is 2.11. The Labute approximate surface area is 104 Å². The molecule has 1 aromatic carbocycles. The molecule has 0 saturated heterocycles. The van der Waals surface area contributed by atoms with Crippen LogP contribution in [-0.2, 0) is 0 Å². The van der Waals surface area contributed by atoms with Crippen molar-refractivity contribution in [3.63, 3.8) is 0 Å². The number of anilines is 1. The Morgan fingerprint density at radius 3 is 2.29 bits per heavy atom. The average Bonchev–Trinajstić information content (AvgIpc) is 2.34. The van der Waals surface area contributed by atoms with Gasteiger partial charge in [-0.1, -0.05) is 12.1 Å². The van der Waals surface area contributed by atoms with Crippen LogP contribution in [0.4, 0.5) is 5.69 Å². The molecule has 0 aliphatic rings. The molecule has 0 aromatic heterocycles. The molecule has 0 unspecified atom stereocenters. The summed E-state index contributed by atoms with van der Waals surface area (Å²) in [5.74, 6) is 0. The molecule has 0 radical (unpaired) electrons. The van der Waals surface area contributed by atoms with Crippen LogP contribution in [0.15, 0.2) is 24.3 Å². The van der Waals surface area contributed by atoms with Crippen molar-refractivity contribution in [3.8, 4) is 0 Å². The second-order valence-electron chi connectivity index (χ2n) is 4.47. The van der Waals surface area contributed by atoms with Crippen LogP contribution in [0.2, 0.25) is 0 Å². The number of hydrogen-bond donors (Lipinski definition) is 2. The molecule has 0 heterocycles. The number of rotatable bonds is 7. The van der Waals surface area contributed by atoms with Crippen molar-refractivity contribution in [1.29, 1.82) is 0 Å². The summed E-state index contributed by atoms with van der Waals surface area (Å²) in [6.07, 6.45) is 2.63. The van der Waals surface area contributed by atoms with Gasteiger partial charge < -0.3 is 15.1 Å². The lowest BCUT2D eigenvalue weighted by atomic mass is 10.1. The fraction of sp³-hybridized carbons (Fsp3) is 0.571. The molecule has 3 heteroatoms. The smallest absolute Gasteiger partial charge is 0.0761 e. The van der Waals surface area contributed by atoms with Gasteiger partial charge in [-0.2, -0.15) is 0 Å². The van der Waals surface area contributed by atoms with Crippen molar-refractivity contribution in [2.75, 3.05) is 25.1 Å². The molecule has 0 saturated carbocycles. The van der Waals surface area contributed by atoms with Gasteiger partial charge >= 0.3 is 0 Å². The molecule has 0 fully saturated rings. The minimum Gasteiger partial charge on any atom is -0.396 e. The summed E-state index contributed by atoms with van der Waals surface area (Å²) < 4.78 is 0. The largest absolute Gasteiger partial charge is 0.396 e. The third-order valence-corrected chi connectivity index (χ3v) is 2.97. The first-order chi connectivity index (χ1) is 8.15. The van der Waals surface area contributed by atoms with E-state index in [0.717, 1.165) is 31.4 Å². The van der Waals surface area contributed by atoms with E-state index in [1.165, 1.54) is 5.69 Å². The van der Waals surface area contributed by atoms with Gasteiger partial charge in [0, 0.05) is 25.9 Å². The van der Waals surface area contributed by atoms with Gasteiger partial charge in [0.05, 0.1) is 6.10 Å². The summed E-state index contributed by atoms with van der Waals surface area (Å²) in [6.45, 7) is 3.05. The zero-order valence-corrected chi connectivity index (χ0v) is 10.8. The van der Waals surface area contributed by atoms with Gasteiger partial charge in [-0.15, -0.1) is 0 Å². The van der Waals surface area contributed by atoms with E-state index in [4.69, 9.17) is 5.11 Å². The highest BCUT2D eigenvalue weighted by molar-refractivity contribution is 5.47. The zero-order valence-electron chi connectivity index (χ0n) is 10.8. The van der Waals surface area contributed by atoms with Gasteiger partial charge in [0.15, 0.2) is 0 Å². The van der Waals surface area contributed by atoms with E-state index in [-0.39, 0.29) is 6.61 Å². The maximum Gasteiger partial charge on any atom is 0.0761 e. The number of nitrogens with zero attached hydrogens (tertiary/aromatic N) is 1. The molecule has 0 bridgehead atoms. The number of unbranched alkanes of at least 4 members (excludes halogenated alkanes) is 2. The summed E-state index contributed by atoms with van der Waals surface area (Å²) >= 11 is 0. The summed E-state index contributed by atoms with van der Waals surface area (Å²) in [7, 11) is 2.07. The summed E-state index contributed by atoms with van der Waals surface area (Å²) in [6, 6.07) is 8.00. The maximum absolute atomic E-state index is 9.42. The molecule has 2 N–H and O–H groups in total. The second kappa shape index (κ2) is 7.30. The van der Waals surface area contributed by atoms with Crippen LogP contribution in [0.25, 0.3) is 0 Å². The fourth-order valence-electron chi connectivity index (χ4n) is 1.77. The van der Waals surface area contributed by atoms with Crippen LogP contribution in [0, 0.1) is 0 Å². The van der Waals surface area contributed by atoms with Crippen molar-refractivity contribution in [2.24, 2.45) is 0 Å². The number of hydrogen-bond acceptors (Lipinski definition) is 3. The van der Waals surface area contributed by atoms with Crippen LogP contribution in [0.3, 0.4) is 0 Å². The van der Waals surface area contributed by atoms with E-state index in [9.17, 15) is 5.11 Å². The number of benzene rings is 1.